The number of thiazole rings is 1. The van der Waals surface area contributed by atoms with Crippen molar-refractivity contribution in [1.29, 1.82) is 0 Å². The fraction of sp³-hybridized carbons (Fsp3) is 0.185. The second-order valence-corrected chi connectivity index (χ2v) is 10.7. The van der Waals surface area contributed by atoms with E-state index < -0.39 is 0 Å². The molecule has 39 heavy (non-hydrogen) atoms. The number of benzene rings is 2. The molecule has 2 aromatic carbocycles. The van der Waals surface area contributed by atoms with E-state index in [1.807, 2.05) is 37.3 Å². The maximum atomic E-state index is 11.8. The minimum absolute atomic E-state index is 0.123. The summed E-state index contributed by atoms with van der Waals surface area (Å²) in [7, 11) is 4.79. The van der Waals surface area contributed by atoms with Crippen LogP contribution in [0.15, 0.2) is 53.1 Å². The Labute approximate surface area is 230 Å². The van der Waals surface area contributed by atoms with Crippen LogP contribution in [-0.4, -0.2) is 46.8 Å². The highest BCUT2D eigenvalue weighted by molar-refractivity contribution is 7.18. The van der Waals surface area contributed by atoms with Gasteiger partial charge in [-0.25, -0.2) is 14.5 Å². The number of furan rings is 1. The SMILES string of the molecule is CNC(=O)c1ccc(-c2nc(COc3cc(OC)cc4oc(-c5cn6nc(OC)sc6n5)cc34)c(C)s2)cc1. The monoisotopic (exact) mass is 561 g/mol. The number of carbonyl (C=O) groups excluding carboxylic acids is 1. The molecule has 0 saturated heterocycles. The van der Waals surface area contributed by atoms with Crippen LogP contribution >= 0.6 is 22.7 Å². The Kier molecular flexibility index (Phi) is 6.41. The van der Waals surface area contributed by atoms with E-state index >= 15 is 0 Å². The van der Waals surface area contributed by atoms with E-state index in [2.05, 4.69) is 15.4 Å². The number of carbonyl (C=O) groups is 1. The summed E-state index contributed by atoms with van der Waals surface area (Å²) in [6.07, 6.45) is 1.80. The van der Waals surface area contributed by atoms with Gasteiger partial charge in [0.15, 0.2) is 5.76 Å². The van der Waals surface area contributed by atoms with Crippen LogP contribution in [0.5, 0.6) is 16.7 Å². The fourth-order valence-electron chi connectivity index (χ4n) is 4.07. The van der Waals surface area contributed by atoms with E-state index in [0.717, 1.165) is 26.5 Å². The molecule has 0 aliphatic carbocycles. The highest BCUT2D eigenvalue weighted by atomic mass is 32.1. The Morgan fingerprint density at radius 2 is 1.90 bits per heavy atom. The smallest absolute Gasteiger partial charge is 0.294 e. The third kappa shape index (κ3) is 4.68. The molecule has 4 aromatic heterocycles. The summed E-state index contributed by atoms with van der Waals surface area (Å²) in [6, 6.07) is 12.9. The zero-order chi connectivity index (χ0) is 27.1. The van der Waals surface area contributed by atoms with Crippen molar-refractivity contribution in [3.8, 4) is 38.7 Å². The van der Waals surface area contributed by atoms with Gasteiger partial charge in [0.05, 0.1) is 31.5 Å². The van der Waals surface area contributed by atoms with Crippen LogP contribution in [0.3, 0.4) is 0 Å². The van der Waals surface area contributed by atoms with Crippen molar-refractivity contribution in [3.05, 3.63) is 64.8 Å². The van der Waals surface area contributed by atoms with Gasteiger partial charge in [-0.15, -0.1) is 16.4 Å². The molecular formula is C27H23N5O5S2. The van der Waals surface area contributed by atoms with Gasteiger partial charge in [-0.1, -0.05) is 12.1 Å². The number of nitrogens with one attached hydrogen (secondary N) is 1. The van der Waals surface area contributed by atoms with E-state index in [-0.39, 0.29) is 12.5 Å². The number of imidazole rings is 1. The molecule has 0 spiro atoms. The van der Waals surface area contributed by atoms with Gasteiger partial charge >= 0.3 is 0 Å². The number of methoxy groups -OCH3 is 2. The normalized spacial score (nSPS) is 11.3. The summed E-state index contributed by atoms with van der Waals surface area (Å²) in [5.74, 6) is 1.70. The summed E-state index contributed by atoms with van der Waals surface area (Å²) < 4.78 is 24.7. The van der Waals surface area contributed by atoms with Gasteiger partial charge in [-0.2, -0.15) is 0 Å². The van der Waals surface area contributed by atoms with Gasteiger partial charge in [0, 0.05) is 35.2 Å². The molecule has 198 valence electrons. The van der Waals surface area contributed by atoms with Crippen LogP contribution in [0.2, 0.25) is 0 Å². The molecule has 6 aromatic rings. The third-order valence-corrected chi connectivity index (χ3v) is 8.08. The summed E-state index contributed by atoms with van der Waals surface area (Å²) in [4.78, 5) is 23.0. The Balaban J connectivity index is 1.27. The van der Waals surface area contributed by atoms with Gasteiger partial charge in [0.1, 0.15) is 34.4 Å². The minimum Gasteiger partial charge on any atom is -0.496 e. The van der Waals surface area contributed by atoms with Gasteiger partial charge in [-0.05, 0) is 36.5 Å². The Morgan fingerprint density at radius 1 is 1.08 bits per heavy atom. The van der Waals surface area contributed by atoms with Crippen LogP contribution in [0.4, 0.5) is 0 Å². The van der Waals surface area contributed by atoms with Gasteiger partial charge in [0.25, 0.3) is 11.1 Å². The molecule has 0 unspecified atom stereocenters. The molecule has 10 nitrogen and oxygen atoms in total. The fourth-order valence-corrected chi connectivity index (χ4v) is 5.69. The summed E-state index contributed by atoms with van der Waals surface area (Å²) in [6.45, 7) is 2.29. The lowest BCUT2D eigenvalue weighted by molar-refractivity contribution is 0.0963. The molecule has 0 radical (unpaired) electrons. The molecule has 0 aliphatic heterocycles. The molecule has 0 bridgehead atoms. The third-order valence-electron chi connectivity index (χ3n) is 6.14. The lowest BCUT2D eigenvalue weighted by Crippen LogP contribution is -2.17. The second-order valence-electron chi connectivity index (χ2n) is 8.54. The summed E-state index contributed by atoms with van der Waals surface area (Å²) >= 11 is 2.93. The molecule has 0 atom stereocenters. The topological polar surface area (TPSA) is 113 Å². The first-order valence-electron chi connectivity index (χ1n) is 11.9. The lowest BCUT2D eigenvalue weighted by atomic mass is 10.1. The molecule has 0 saturated carbocycles. The highest BCUT2D eigenvalue weighted by Gasteiger charge is 2.18. The van der Waals surface area contributed by atoms with Crippen LogP contribution in [-0.2, 0) is 6.61 Å². The zero-order valence-corrected chi connectivity index (χ0v) is 23.1. The number of fused-ring (bicyclic) bond motifs is 2. The standard InChI is InChI=1S/C27H23N5O5S2/c1-14-20(29-25(38-14)16-7-5-15(6-8-16)24(33)28-2)13-36-21-9-17(34-3)10-22-18(21)11-23(37-22)19-12-32-26(30-19)39-27(31-32)35-4/h5-12H,13H2,1-4H3,(H,28,33). The largest absolute Gasteiger partial charge is 0.496 e. The molecule has 0 fully saturated rings. The molecule has 1 amide bonds. The summed E-state index contributed by atoms with van der Waals surface area (Å²) in [5.41, 5.74) is 3.65. The summed E-state index contributed by atoms with van der Waals surface area (Å²) in [5, 5.41) is 9.15. The first-order chi connectivity index (χ1) is 18.9. The Morgan fingerprint density at radius 3 is 2.62 bits per heavy atom. The van der Waals surface area contributed by atoms with Gasteiger partial charge < -0.3 is 23.9 Å². The number of aryl methyl sites for hydroxylation is 1. The van der Waals surface area contributed by atoms with Crippen molar-refractivity contribution < 1.29 is 23.4 Å². The van der Waals surface area contributed by atoms with Crippen LogP contribution in [0.25, 0.3) is 38.0 Å². The number of hydrogen-bond acceptors (Lipinski definition) is 10. The first-order valence-corrected chi connectivity index (χ1v) is 13.5. The maximum Gasteiger partial charge on any atom is 0.294 e. The van der Waals surface area contributed by atoms with E-state index in [1.54, 1.807) is 55.4 Å². The number of amides is 1. The second kappa shape index (κ2) is 10.0. The minimum atomic E-state index is -0.123. The van der Waals surface area contributed by atoms with Crippen molar-refractivity contribution in [2.75, 3.05) is 21.3 Å². The number of ether oxygens (including phenoxy) is 3. The molecular weight excluding hydrogens is 538 g/mol. The average Bonchev–Trinajstić information content (AvgIpc) is 3.73. The van der Waals surface area contributed by atoms with E-state index in [0.29, 0.717) is 44.3 Å². The number of hydrogen-bond donors (Lipinski definition) is 1. The Hall–Kier alpha value is -4.42. The van der Waals surface area contributed by atoms with Crippen molar-refractivity contribution >= 4 is 44.5 Å². The zero-order valence-electron chi connectivity index (χ0n) is 21.5. The number of rotatable bonds is 8. The number of aromatic nitrogens is 4. The van der Waals surface area contributed by atoms with Crippen LogP contribution < -0.4 is 19.5 Å². The predicted octanol–water partition coefficient (Wildman–Crippen LogP) is 5.59. The van der Waals surface area contributed by atoms with E-state index in [4.69, 9.17) is 23.6 Å². The molecule has 0 aliphatic rings. The predicted molar refractivity (Wildman–Crippen MR) is 149 cm³/mol. The van der Waals surface area contributed by atoms with Crippen molar-refractivity contribution in [2.24, 2.45) is 0 Å². The van der Waals surface area contributed by atoms with Crippen molar-refractivity contribution in [1.82, 2.24) is 24.9 Å². The number of nitrogens with zero attached hydrogens (tertiary/aromatic N) is 4. The van der Waals surface area contributed by atoms with Crippen molar-refractivity contribution in [2.45, 2.75) is 13.5 Å². The van der Waals surface area contributed by atoms with Crippen molar-refractivity contribution in [3.63, 3.8) is 0 Å². The average molecular weight is 562 g/mol. The molecule has 12 heteroatoms. The Bertz CT molecular complexity index is 1780. The van der Waals surface area contributed by atoms with E-state index in [1.165, 1.54) is 11.3 Å². The molecule has 1 N–H and O–H groups in total. The maximum absolute atomic E-state index is 11.8. The highest BCUT2D eigenvalue weighted by Crippen LogP contribution is 2.38. The first kappa shape index (κ1) is 24.9. The van der Waals surface area contributed by atoms with Gasteiger partial charge in [-0.3, -0.25) is 4.79 Å². The molecule has 4 heterocycles. The molecule has 6 rings (SSSR count). The quantitative estimate of drug-likeness (QED) is 0.256. The van der Waals surface area contributed by atoms with E-state index in [9.17, 15) is 4.79 Å². The van der Waals surface area contributed by atoms with Crippen LogP contribution in [0, 0.1) is 6.92 Å². The van der Waals surface area contributed by atoms with Crippen LogP contribution in [0.1, 0.15) is 20.9 Å². The lowest BCUT2D eigenvalue weighted by Gasteiger charge is -2.08. The van der Waals surface area contributed by atoms with Gasteiger partial charge in [0.2, 0.25) is 4.96 Å².